The van der Waals surface area contributed by atoms with Crippen molar-refractivity contribution in [2.24, 2.45) is 5.92 Å². The van der Waals surface area contributed by atoms with Crippen LogP contribution in [-0.2, 0) is 6.54 Å². The molecule has 3 heterocycles. The number of aromatic nitrogens is 1. The second kappa shape index (κ2) is 9.20. The second-order valence-corrected chi connectivity index (χ2v) is 8.71. The van der Waals surface area contributed by atoms with E-state index in [1.54, 1.807) is 35.9 Å². The van der Waals surface area contributed by atoms with E-state index in [1.165, 1.54) is 0 Å². The number of piperidine rings is 1. The Balaban J connectivity index is 1.12. The first-order valence-corrected chi connectivity index (χ1v) is 11.4. The van der Waals surface area contributed by atoms with E-state index in [9.17, 15) is 4.79 Å². The van der Waals surface area contributed by atoms with E-state index in [4.69, 9.17) is 23.9 Å². The van der Waals surface area contributed by atoms with Crippen LogP contribution in [0.3, 0.4) is 0 Å². The quantitative estimate of drug-likeness (QED) is 0.570. The zero-order valence-electron chi connectivity index (χ0n) is 18.7. The molecule has 0 unspecified atom stereocenters. The molecule has 0 radical (unpaired) electrons. The van der Waals surface area contributed by atoms with Crippen LogP contribution >= 0.6 is 0 Å². The van der Waals surface area contributed by atoms with Gasteiger partial charge in [0.15, 0.2) is 17.1 Å². The van der Waals surface area contributed by atoms with Crippen LogP contribution in [0.5, 0.6) is 17.2 Å². The molecule has 33 heavy (non-hydrogen) atoms. The highest BCUT2D eigenvalue weighted by Crippen LogP contribution is 2.33. The minimum Gasteiger partial charge on any atom is -0.497 e. The van der Waals surface area contributed by atoms with Crippen LogP contribution in [0, 0.1) is 17.2 Å². The number of rotatable bonds is 6. The van der Waals surface area contributed by atoms with E-state index < -0.39 is 0 Å². The van der Waals surface area contributed by atoms with Gasteiger partial charge in [-0.15, -0.1) is 0 Å². The number of nitriles is 1. The molecule has 2 aliphatic heterocycles. The van der Waals surface area contributed by atoms with Crippen molar-refractivity contribution in [1.82, 2.24) is 9.47 Å². The lowest BCUT2D eigenvalue weighted by molar-refractivity contribution is 0.0469. The Morgan fingerprint density at radius 1 is 1.15 bits per heavy atom. The van der Waals surface area contributed by atoms with Gasteiger partial charge in [-0.2, -0.15) is 5.26 Å². The first-order valence-electron chi connectivity index (χ1n) is 11.4. The van der Waals surface area contributed by atoms with E-state index in [-0.39, 0.29) is 11.9 Å². The molecule has 2 aromatic carbocycles. The predicted octanol–water partition coefficient (Wildman–Crippen LogP) is 3.42. The zero-order chi connectivity index (χ0) is 22.8. The van der Waals surface area contributed by atoms with Crippen molar-refractivity contribution < 1.29 is 18.6 Å². The van der Waals surface area contributed by atoms with Crippen LogP contribution in [0.4, 0.5) is 0 Å². The summed E-state index contributed by atoms with van der Waals surface area (Å²) in [6.45, 7) is 3.96. The number of benzene rings is 2. The fraction of sp³-hybridized carbons (Fsp3) is 0.440. The molecular weight excluding hydrogens is 422 g/mol. The number of likely N-dealkylation sites (tertiary alicyclic amines) is 1. The smallest absolute Gasteiger partial charge is 0.419 e. The molecule has 8 heteroatoms. The lowest BCUT2D eigenvalue weighted by Gasteiger charge is -2.35. The van der Waals surface area contributed by atoms with Crippen molar-refractivity contribution in [3.63, 3.8) is 0 Å². The van der Waals surface area contributed by atoms with Gasteiger partial charge in [0, 0.05) is 25.2 Å². The minimum absolute atomic E-state index is 0.0455. The minimum atomic E-state index is -0.315. The van der Waals surface area contributed by atoms with Crippen molar-refractivity contribution >= 4 is 11.1 Å². The van der Waals surface area contributed by atoms with Crippen molar-refractivity contribution in [3.05, 3.63) is 52.5 Å². The summed E-state index contributed by atoms with van der Waals surface area (Å²) in [5.74, 6) is 2.28. The molecule has 1 atom stereocenters. The molecule has 1 aromatic heterocycles. The van der Waals surface area contributed by atoms with Gasteiger partial charge in [-0.1, -0.05) is 0 Å². The Kier molecular flexibility index (Phi) is 5.97. The standard InChI is InChI=1S/C25H27N3O5/c1-30-19-3-4-21-23(13-19)33-25(29)28(21)11-8-17-6-9-27(10-7-17)15-20-16-31-22-5-2-18(14-26)12-24(22)32-20/h2-5,12-13,17,20H,6-11,15-16H2,1H3/t20-/m0/s1. The molecule has 0 saturated carbocycles. The van der Waals surface area contributed by atoms with E-state index >= 15 is 0 Å². The average Bonchev–Trinajstić information content (AvgIpc) is 3.17. The van der Waals surface area contributed by atoms with Gasteiger partial charge in [-0.25, -0.2) is 4.79 Å². The van der Waals surface area contributed by atoms with Crippen molar-refractivity contribution in [3.8, 4) is 23.3 Å². The molecule has 0 amide bonds. The number of methoxy groups -OCH3 is 1. The number of ether oxygens (including phenoxy) is 3. The second-order valence-electron chi connectivity index (χ2n) is 8.71. The predicted molar refractivity (Wildman–Crippen MR) is 122 cm³/mol. The molecule has 0 N–H and O–H groups in total. The van der Waals surface area contributed by atoms with Gasteiger partial charge < -0.3 is 18.6 Å². The maximum absolute atomic E-state index is 12.3. The number of fused-ring (bicyclic) bond motifs is 2. The topological polar surface area (TPSA) is 89.9 Å². The number of oxazole rings is 1. The van der Waals surface area contributed by atoms with Crippen LogP contribution < -0.4 is 20.0 Å². The van der Waals surface area contributed by atoms with Gasteiger partial charge in [0.1, 0.15) is 18.5 Å². The molecule has 172 valence electrons. The molecule has 5 rings (SSSR count). The summed E-state index contributed by atoms with van der Waals surface area (Å²) in [7, 11) is 1.60. The summed E-state index contributed by atoms with van der Waals surface area (Å²) < 4.78 is 24.3. The van der Waals surface area contributed by atoms with E-state index in [0.29, 0.717) is 47.5 Å². The van der Waals surface area contributed by atoms with Crippen LogP contribution in [-0.4, -0.2) is 48.9 Å². The number of nitrogens with zero attached hydrogens (tertiary/aromatic N) is 3. The summed E-state index contributed by atoms with van der Waals surface area (Å²) in [4.78, 5) is 14.7. The van der Waals surface area contributed by atoms with Gasteiger partial charge >= 0.3 is 5.76 Å². The summed E-state index contributed by atoms with van der Waals surface area (Å²) in [6, 6.07) is 12.9. The molecule has 1 fully saturated rings. The molecule has 0 bridgehead atoms. The maximum atomic E-state index is 12.3. The third kappa shape index (κ3) is 4.55. The monoisotopic (exact) mass is 449 g/mol. The van der Waals surface area contributed by atoms with E-state index in [0.717, 1.165) is 44.4 Å². The Labute approximate surface area is 191 Å². The molecule has 3 aromatic rings. The Morgan fingerprint density at radius 3 is 2.79 bits per heavy atom. The van der Waals surface area contributed by atoms with Crippen LogP contribution in [0.25, 0.3) is 11.1 Å². The van der Waals surface area contributed by atoms with Gasteiger partial charge in [0.2, 0.25) is 0 Å². The van der Waals surface area contributed by atoms with Gasteiger partial charge in [-0.3, -0.25) is 9.47 Å². The summed E-state index contributed by atoms with van der Waals surface area (Å²) in [5, 5.41) is 9.10. The lowest BCUT2D eigenvalue weighted by Crippen LogP contribution is -2.44. The van der Waals surface area contributed by atoms with Crippen LogP contribution in [0.1, 0.15) is 24.8 Å². The average molecular weight is 450 g/mol. The van der Waals surface area contributed by atoms with Crippen LogP contribution in [0.15, 0.2) is 45.6 Å². The van der Waals surface area contributed by atoms with Crippen LogP contribution in [0.2, 0.25) is 0 Å². The Bertz CT molecular complexity index is 1230. The van der Waals surface area contributed by atoms with Gasteiger partial charge in [0.25, 0.3) is 0 Å². The summed E-state index contributed by atoms with van der Waals surface area (Å²) in [6.07, 6.45) is 3.07. The van der Waals surface area contributed by atoms with Gasteiger partial charge in [0.05, 0.1) is 24.3 Å². The summed E-state index contributed by atoms with van der Waals surface area (Å²) >= 11 is 0. The fourth-order valence-corrected chi connectivity index (χ4v) is 4.72. The zero-order valence-corrected chi connectivity index (χ0v) is 18.7. The molecule has 8 nitrogen and oxygen atoms in total. The first kappa shape index (κ1) is 21.4. The Hall–Kier alpha value is -3.44. The van der Waals surface area contributed by atoms with E-state index in [1.807, 2.05) is 12.1 Å². The van der Waals surface area contributed by atoms with Crippen molar-refractivity contribution in [2.75, 3.05) is 33.4 Å². The molecule has 0 aliphatic carbocycles. The lowest BCUT2D eigenvalue weighted by atomic mass is 9.93. The van der Waals surface area contributed by atoms with Crippen molar-refractivity contribution in [2.45, 2.75) is 31.9 Å². The normalized spacial score (nSPS) is 18.8. The SMILES string of the molecule is COc1ccc2c(c1)oc(=O)n2CCC1CCN(C[C@H]2COc3ccc(C#N)cc3O2)CC1. The first-order chi connectivity index (χ1) is 16.1. The fourth-order valence-electron chi connectivity index (χ4n) is 4.72. The highest BCUT2D eigenvalue weighted by Gasteiger charge is 2.26. The summed E-state index contributed by atoms with van der Waals surface area (Å²) in [5.41, 5.74) is 1.95. The third-order valence-corrected chi connectivity index (χ3v) is 6.60. The maximum Gasteiger partial charge on any atom is 0.419 e. The molecule has 2 aliphatic rings. The molecule has 1 saturated heterocycles. The van der Waals surface area contributed by atoms with Gasteiger partial charge in [-0.05, 0) is 62.5 Å². The largest absolute Gasteiger partial charge is 0.497 e. The number of hydrogen-bond donors (Lipinski definition) is 0. The Morgan fingerprint density at radius 2 is 2.00 bits per heavy atom. The highest BCUT2D eigenvalue weighted by molar-refractivity contribution is 5.74. The number of hydrogen-bond acceptors (Lipinski definition) is 7. The highest BCUT2D eigenvalue weighted by atomic mass is 16.6. The van der Waals surface area contributed by atoms with E-state index in [2.05, 4.69) is 11.0 Å². The third-order valence-electron chi connectivity index (χ3n) is 6.60. The van der Waals surface area contributed by atoms with Crippen molar-refractivity contribution in [1.29, 1.82) is 5.26 Å². The molecular formula is C25H27N3O5. The molecule has 0 spiro atoms. The number of aryl methyl sites for hydroxylation is 1.